The largest absolute Gasteiger partial charge is 0.383 e. The average molecular weight is 164 g/mol. The number of nitrogens with zero attached hydrogens (tertiary/aromatic N) is 1. The van der Waals surface area contributed by atoms with Gasteiger partial charge in [0.05, 0.1) is 0 Å². The molecule has 1 rings (SSSR count). The van der Waals surface area contributed by atoms with Crippen LogP contribution in [0.1, 0.15) is 12.5 Å². The van der Waals surface area contributed by atoms with Gasteiger partial charge in [-0.1, -0.05) is 13.0 Å². The Hall–Kier alpha value is -1.38. The summed E-state index contributed by atoms with van der Waals surface area (Å²) < 4.78 is 0. The molecule has 1 aromatic heterocycles. The second-order valence-corrected chi connectivity index (χ2v) is 2.87. The molecule has 0 bridgehead atoms. The van der Waals surface area contributed by atoms with Crippen molar-refractivity contribution in [3.8, 4) is 0 Å². The van der Waals surface area contributed by atoms with Crippen molar-refractivity contribution in [2.24, 2.45) is 5.92 Å². The summed E-state index contributed by atoms with van der Waals surface area (Å²) in [5, 5.41) is 0. The van der Waals surface area contributed by atoms with Gasteiger partial charge in [-0.15, -0.1) is 0 Å². The molecule has 0 aliphatic carbocycles. The number of pyridine rings is 1. The Kier molecular flexibility index (Phi) is 2.80. The number of nitrogens with two attached hydrogens (primary N) is 1. The van der Waals surface area contributed by atoms with Crippen LogP contribution < -0.4 is 5.73 Å². The summed E-state index contributed by atoms with van der Waals surface area (Å²) in [6, 6.07) is 3.71. The van der Waals surface area contributed by atoms with E-state index in [0.717, 1.165) is 11.8 Å². The van der Waals surface area contributed by atoms with Crippen LogP contribution in [0.5, 0.6) is 0 Å². The summed E-state index contributed by atoms with van der Waals surface area (Å²) >= 11 is 0. The van der Waals surface area contributed by atoms with E-state index in [-0.39, 0.29) is 5.92 Å². The Balaban J connectivity index is 2.75. The van der Waals surface area contributed by atoms with Gasteiger partial charge in [0.2, 0.25) is 0 Å². The minimum Gasteiger partial charge on any atom is -0.383 e. The number of carbonyl (C=O) groups is 1. The molecule has 0 aliphatic rings. The molecule has 64 valence electrons. The molecule has 0 spiro atoms. The fourth-order valence-electron chi connectivity index (χ4n) is 1.02. The predicted molar refractivity (Wildman–Crippen MR) is 47.6 cm³/mol. The van der Waals surface area contributed by atoms with Gasteiger partial charge >= 0.3 is 0 Å². The maximum atomic E-state index is 10.4. The lowest BCUT2D eigenvalue weighted by atomic mass is 10.0. The van der Waals surface area contributed by atoms with Gasteiger partial charge in [0.15, 0.2) is 0 Å². The minimum atomic E-state index is 0.0106. The monoisotopic (exact) mass is 164 g/mol. The van der Waals surface area contributed by atoms with Crippen molar-refractivity contribution in [3.63, 3.8) is 0 Å². The van der Waals surface area contributed by atoms with Crippen molar-refractivity contribution < 1.29 is 4.79 Å². The van der Waals surface area contributed by atoms with Gasteiger partial charge in [-0.05, 0) is 18.1 Å². The molecule has 1 atom stereocenters. The number of aromatic nitrogens is 1. The first-order valence-electron chi connectivity index (χ1n) is 3.88. The smallest absolute Gasteiger partial charge is 0.126 e. The lowest BCUT2D eigenvalue weighted by Gasteiger charge is -2.05. The fraction of sp³-hybridized carbons (Fsp3) is 0.333. The summed E-state index contributed by atoms with van der Waals surface area (Å²) in [5.74, 6) is 0.530. The molecule has 12 heavy (non-hydrogen) atoms. The Morgan fingerprint density at radius 1 is 1.75 bits per heavy atom. The van der Waals surface area contributed by atoms with Gasteiger partial charge in [-0.2, -0.15) is 0 Å². The second-order valence-electron chi connectivity index (χ2n) is 2.87. The third-order valence-electron chi connectivity index (χ3n) is 1.70. The lowest BCUT2D eigenvalue weighted by Crippen LogP contribution is -2.04. The maximum absolute atomic E-state index is 10.4. The van der Waals surface area contributed by atoms with Crippen molar-refractivity contribution in [2.75, 3.05) is 5.73 Å². The molecule has 0 radical (unpaired) electrons. The van der Waals surface area contributed by atoms with Crippen LogP contribution in [0.15, 0.2) is 18.3 Å². The predicted octanol–water partition coefficient (Wildman–Crippen LogP) is 1.04. The number of rotatable bonds is 3. The highest BCUT2D eigenvalue weighted by atomic mass is 16.1. The van der Waals surface area contributed by atoms with Crippen LogP contribution in [0.2, 0.25) is 0 Å². The standard InChI is InChI=1S/C9H12N2O/c1-7(6-12)5-8-3-2-4-11-9(8)10/h2-4,6-7H,5H2,1H3,(H2,10,11). The zero-order chi connectivity index (χ0) is 8.97. The summed E-state index contributed by atoms with van der Waals surface area (Å²) in [7, 11) is 0. The Morgan fingerprint density at radius 2 is 2.50 bits per heavy atom. The van der Waals surface area contributed by atoms with E-state index in [4.69, 9.17) is 5.73 Å². The first kappa shape index (κ1) is 8.71. The van der Waals surface area contributed by atoms with Crippen molar-refractivity contribution in [1.82, 2.24) is 4.98 Å². The van der Waals surface area contributed by atoms with E-state index in [9.17, 15) is 4.79 Å². The highest BCUT2D eigenvalue weighted by Gasteiger charge is 2.04. The summed E-state index contributed by atoms with van der Waals surface area (Å²) in [4.78, 5) is 14.3. The van der Waals surface area contributed by atoms with Crippen molar-refractivity contribution in [3.05, 3.63) is 23.9 Å². The van der Waals surface area contributed by atoms with Crippen LogP contribution in [-0.2, 0) is 11.2 Å². The molecule has 1 aromatic rings. The molecule has 2 N–H and O–H groups in total. The van der Waals surface area contributed by atoms with Crippen molar-refractivity contribution >= 4 is 12.1 Å². The maximum Gasteiger partial charge on any atom is 0.126 e. The Bertz CT molecular complexity index is 273. The van der Waals surface area contributed by atoms with Gasteiger partial charge in [-0.25, -0.2) is 4.98 Å². The molecule has 1 heterocycles. The van der Waals surface area contributed by atoms with Crippen LogP contribution in [0.4, 0.5) is 5.82 Å². The summed E-state index contributed by atoms with van der Waals surface area (Å²) in [6.07, 6.45) is 3.24. The summed E-state index contributed by atoms with van der Waals surface area (Å²) in [5.41, 5.74) is 6.54. The molecule has 3 heteroatoms. The number of hydrogen-bond donors (Lipinski definition) is 1. The van der Waals surface area contributed by atoms with E-state index in [1.807, 2.05) is 19.1 Å². The highest BCUT2D eigenvalue weighted by molar-refractivity contribution is 5.54. The lowest BCUT2D eigenvalue weighted by molar-refractivity contribution is -0.110. The van der Waals surface area contributed by atoms with Crippen LogP contribution in [0.25, 0.3) is 0 Å². The molecule has 0 saturated heterocycles. The van der Waals surface area contributed by atoms with Crippen LogP contribution in [0, 0.1) is 5.92 Å². The highest BCUT2D eigenvalue weighted by Crippen LogP contribution is 2.11. The van der Waals surface area contributed by atoms with Crippen LogP contribution in [-0.4, -0.2) is 11.3 Å². The average Bonchev–Trinajstić information content (AvgIpc) is 2.09. The molecule has 0 saturated carbocycles. The van der Waals surface area contributed by atoms with E-state index >= 15 is 0 Å². The van der Waals surface area contributed by atoms with Gasteiger partial charge in [0.25, 0.3) is 0 Å². The van der Waals surface area contributed by atoms with Gasteiger partial charge in [-0.3, -0.25) is 0 Å². The van der Waals surface area contributed by atoms with Gasteiger partial charge in [0, 0.05) is 12.1 Å². The Labute approximate surface area is 71.6 Å². The first-order chi connectivity index (χ1) is 5.74. The van der Waals surface area contributed by atoms with Gasteiger partial charge in [0.1, 0.15) is 12.1 Å². The van der Waals surface area contributed by atoms with Crippen LogP contribution in [0.3, 0.4) is 0 Å². The number of hydrogen-bond acceptors (Lipinski definition) is 3. The van der Waals surface area contributed by atoms with E-state index < -0.39 is 0 Å². The topological polar surface area (TPSA) is 56.0 Å². The van der Waals surface area contributed by atoms with E-state index in [1.165, 1.54) is 0 Å². The molecule has 0 amide bonds. The van der Waals surface area contributed by atoms with Crippen molar-refractivity contribution in [2.45, 2.75) is 13.3 Å². The van der Waals surface area contributed by atoms with Gasteiger partial charge < -0.3 is 10.5 Å². The number of aldehydes is 1. The van der Waals surface area contributed by atoms with Crippen molar-refractivity contribution in [1.29, 1.82) is 0 Å². The van der Waals surface area contributed by atoms with Crippen LogP contribution >= 0.6 is 0 Å². The molecule has 0 fully saturated rings. The van der Waals surface area contributed by atoms with E-state index in [1.54, 1.807) is 6.20 Å². The van der Waals surface area contributed by atoms with E-state index in [0.29, 0.717) is 12.2 Å². The number of carbonyl (C=O) groups excluding carboxylic acids is 1. The first-order valence-corrected chi connectivity index (χ1v) is 3.88. The number of nitrogen functional groups attached to an aromatic ring is 1. The van der Waals surface area contributed by atoms with E-state index in [2.05, 4.69) is 4.98 Å². The SMILES string of the molecule is CC(C=O)Cc1cccnc1N. The summed E-state index contributed by atoms with van der Waals surface area (Å²) in [6.45, 7) is 1.86. The molecular weight excluding hydrogens is 152 g/mol. The minimum absolute atomic E-state index is 0.0106. The molecule has 0 aliphatic heterocycles. The number of anilines is 1. The molecule has 1 unspecified atom stereocenters. The normalized spacial score (nSPS) is 12.4. The molecule has 3 nitrogen and oxygen atoms in total. The third kappa shape index (κ3) is 2.05. The molecule has 0 aromatic carbocycles. The Morgan fingerprint density at radius 3 is 3.08 bits per heavy atom. The third-order valence-corrected chi connectivity index (χ3v) is 1.70. The quantitative estimate of drug-likeness (QED) is 0.679. The molecular formula is C9H12N2O. The fourth-order valence-corrected chi connectivity index (χ4v) is 1.02. The zero-order valence-electron chi connectivity index (χ0n) is 7.03. The zero-order valence-corrected chi connectivity index (χ0v) is 7.03. The second kappa shape index (κ2) is 3.85.